The second kappa shape index (κ2) is 13.7. The molecule has 0 aromatic heterocycles. The molecule has 3 rings (SSSR count). The molecule has 0 heterocycles. The van der Waals surface area contributed by atoms with Crippen molar-refractivity contribution in [1.29, 1.82) is 0 Å². The lowest BCUT2D eigenvalue weighted by atomic mass is 9.91. The van der Waals surface area contributed by atoms with Crippen LogP contribution in [-0.4, -0.2) is 30.2 Å². The molecule has 0 saturated carbocycles. The first kappa shape index (κ1) is 26.4. The van der Waals surface area contributed by atoms with E-state index in [1.165, 1.54) is 80.5 Å². The summed E-state index contributed by atoms with van der Waals surface area (Å²) in [5.74, 6) is 0. The third-order valence-electron chi connectivity index (χ3n) is 7.40. The molecule has 184 valence electrons. The Hall–Kier alpha value is -2.16. The molecule has 0 aliphatic rings. The van der Waals surface area contributed by atoms with Crippen molar-refractivity contribution in [3.05, 3.63) is 83.9 Å². The molecule has 2 atom stereocenters. The average molecular weight is 461 g/mol. The fraction of sp³-hybridized carbons (Fsp3) is 0.500. The van der Waals surface area contributed by atoms with Crippen LogP contribution in [0.1, 0.15) is 94.4 Å². The van der Waals surface area contributed by atoms with Crippen molar-refractivity contribution in [3.8, 4) is 0 Å². The Morgan fingerprint density at radius 3 is 1.82 bits per heavy atom. The molecular weight excluding hydrogens is 414 g/mol. The summed E-state index contributed by atoms with van der Waals surface area (Å²) in [7, 11) is 4.58. The second-order valence-corrected chi connectivity index (χ2v) is 10.6. The maximum absolute atomic E-state index is 11.6. The van der Waals surface area contributed by atoms with Crippen molar-refractivity contribution < 1.29 is 9.59 Å². The number of hydrogen-bond acceptors (Lipinski definition) is 1. The van der Waals surface area contributed by atoms with Crippen LogP contribution >= 0.6 is 0 Å². The van der Waals surface area contributed by atoms with Gasteiger partial charge in [0.15, 0.2) is 0 Å². The van der Waals surface area contributed by atoms with E-state index in [0.29, 0.717) is 0 Å². The van der Waals surface area contributed by atoms with Gasteiger partial charge in [0.05, 0.1) is 20.6 Å². The predicted molar refractivity (Wildman–Crippen MR) is 147 cm³/mol. The van der Waals surface area contributed by atoms with Crippen molar-refractivity contribution in [1.82, 2.24) is 0 Å². The maximum Gasteiger partial charge on any atom is 0.145 e. The number of fused-ring (bicyclic) bond motifs is 1. The van der Waals surface area contributed by atoms with E-state index in [4.69, 9.17) is 0 Å². The smallest absolute Gasteiger partial charge is 0.145 e. The van der Waals surface area contributed by atoms with Gasteiger partial charge in [0, 0.05) is 5.56 Å². The van der Waals surface area contributed by atoms with Crippen molar-refractivity contribution in [2.24, 2.45) is 0 Å². The molecule has 0 spiro atoms. The first-order valence-electron chi connectivity index (χ1n) is 13.6. The minimum absolute atomic E-state index is 0.00873. The molecule has 0 saturated heterocycles. The summed E-state index contributed by atoms with van der Waals surface area (Å²) in [6.45, 7) is 3.35. The molecule has 2 unspecified atom stereocenters. The first-order valence-corrected chi connectivity index (χ1v) is 13.6. The fourth-order valence-electron chi connectivity index (χ4n) is 5.34. The largest absolute Gasteiger partial charge is 0.382 e. The highest BCUT2D eigenvalue weighted by Crippen LogP contribution is 2.38. The molecule has 3 aromatic carbocycles. The van der Waals surface area contributed by atoms with Crippen LogP contribution in [0.15, 0.2) is 72.8 Å². The Morgan fingerprint density at radius 2 is 1.18 bits per heavy atom. The highest BCUT2D eigenvalue weighted by atomic mass is 16.3. The van der Waals surface area contributed by atoms with Crippen LogP contribution in [-0.2, 0) is 0 Å². The number of hydrogen-bond donors (Lipinski definition) is 1. The Balaban J connectivity index is 1.64. The molecule has 0 bridgehead atoms. The maximum atomic E-state index is 11.6. The normalized spacial score (nSPS) is 13.8. The summed E-state index contributed by atoms with van der Waals surface area (Å²) < 4.78 is 0.783. The summed E-state index contributed by atoms with van der Waals surface area (Å²) in [5, 5.41) is 14.1. The minimum Gasteiger partial charge on any atom is -0.382 e. The minimum atomic E-state index is -0.541. The van der Waals surface area contributed by atoms with Crippen LogP contribution in [0.25, 0.3) is 10.8 Å². The third kappa shape index (κ3) is 7.68. The van der Waals surface area contributed by atoms with Gasteiger partial charge in [-0.3, -0.25) is 0 Å². The number of unbranched alkanes of at least 4 members (excludes halogenated alkanes) is 9. The van der Waals surface area contributed by atoms with Crippen LogP contribution in [0.4, 0.5) is 0 Å². The van der Waals surface area contributed by atoms with Gasteiger partial charge >= 0.3 is 0 Å². The predicted octanol–water partition coefficient (Wildman–Crippen LogP) is 8.61. The molecule has 0 radical (unpaired) electrons. The second-order valence-electron chi connectivity index (χ2n) is 10.6. The van der Waals surface area contributed by atoms with Gasteiger partial charge in [0.1, 0.15) is 12.1 Å². The summed E-state index contributed by atoms with van der Waals surface area (Å²) in [6.07, 6.45) is 12.9. The van der Waals surface area contributed by atoms with Crippen LogP contribution < -0.4 is 0 Å². The van der Waals surface area contributed by atoms with Gasteiger partial charge in [-0.15, -0.1) is 0 Å². The van der Waals surface area contributed by atoms with Gasteiger partial charge < -0.3 is 9.59 Å². The van der Waals surface area contributed by atoms with Crippen molar-refractivity contribution in [2.45, 2.75) is 83.3 Å². The quantitative estimate of drug-likeness (QED) is 0.178. The lowest BCUT2D eigenvalue weighted by Crippen LogP contribution is -2.46. The van der Waals surface area contributed by atoms with Gasteiger partial charge in [0.2, 0.25) is 0 Å². The number of benzene rings is 3. The molecule has 0 fully saturated rings. The number of nitrogens with zero attached hydrogens (tertiary/aromatic N) is 1. The van der Waals surface area contributed by atoms with E-state index >= 15 is 0 Å². The fourth-order valence-corrected chi connectivity index (χ4v) is 5.34. The van der Waals surface area contributed by atoms with Crippen molar-refractivity contribution >= 4 is 10.8 Å². The van der Waals surface area contributed by atoms with E-state index in [1.54, 1.807) is 0 Å². The molecule has 2 heteroatoms. The van der Waals surface area contributed by atoms with Crippen LogP contribution in [0.2, 0.25) is 0 Å². The van der Waals surface area contributed by atoms with Gasteiger partial charge in [-0.05, 0) is 35.2 Å². The average Bonchev–Trinajstić information content (AvgIpc) is 2.85. The molecule has 1 N–H and O–H groups in total. The SMILES string of the molecule is CCCCCCCCCCCC[N+](C)(C)C(c1ccc2ccccc2c1)C(O)c1ccccc1. The van der Waals surface area contributed by atoms with Crippen molar-refractivity contribution in [2.75, 3.05) is 20.6 Å². The number of quaternary nitrogens is 1. The van der Waals surface area contributed by atoms with Gasteiger partial charge in [0.25, 0.3) is 0 Å². The van der Waals surface area contributed by atoms with E-state index in [0.717, 1.165) is 16.6 Å². The zero-order chi connectivity index (χ0) is 24.2. The highest BCUT2D eigenvalue weighted by molar-refractivity contribution is 5.83. The standard InChI is InChI=1S/C32H46NO/c1-4-5-6-7-8-9-10-11-12-18-25-33(2,3)31(32(34)28-20-14-13-15-21-28)30-24-23-27-19-16-17-22-29(27)26-30/h13-17,19-24,26,31-32,34H,4-12,18,25H2,1-3H3/q+1. The van der Waals surface area contributed by atoms with Crippen LogP contribution in [0.5, 0.6) is 0 Å². The third-order valence-corrected chi connectivity index (χ3v) is 7.40. The lowest BCUT2D eigenvalue weighted by molar-refractivity contribution is -0.926. The Bertz CT molecular complexity index is 965. The summed E-state index contributed by atoms with van der Waals surface area (Å²) in [6, 6.07) is 25.4. The van der Waals surface area contributed by atoms with E-state index in [9.17, 15) is 5.11 Å². The Morgan fingerprint density at radius 1 is 0.618 bits per heavy atom. The summed E-state index contributed by atoms with van der Waals surface area (Å²) >= 11 is 0. The van der Waals surface area contributed by atoms with Crippen molar-refractivity contribution in [3.63, 3.8) is 0 Å². The first-order chi connectivity index (χ1) is 16.5. The molecule has 2 nitrogen and oxygen atoms in total. The highest BCUT2D eigenvalue weighted by Gasteiger charge is 2.36. The summed E-state index contributed by atoms with van der Waals surface area (Å²) in [4.78, 5) is 0. The molecule has 34 heavy (non-hydrogen) atoms. The number of likely N-dealkylation sites (N-methyl/N-ethyl adjacent to an activating group) is 1. The van der Waals surface area contributed by atoms with E-state index in [-0.39, 0.29) is 6.04 Å². The number of aliphatic hydroxyl groups excluding tert-OH is 1. The molecule has 0 aliphatic heterocycles. The topological polar surface area (TPSA) is 20.2 Å². The van der Waals surface area contributed by atoms with E-state index in [2.05, 4.69) is 75.6 Å². The Kier molecular flexibility index (Phi) is 10.6. The zero-order valence-electron chi connectivity index (χ0n) is 21.8. The lowest BCUT2D eigenvalue weighted by Gasteiger charge is -2.41. The molecular formula is C32H46NO+. The van der Waals surface area contributed by atoms with Gasteiger partial charge in [-0.1, -0.05) is 125 Å². The molecule has 3 aromatic rings. The number of aliphatic hydroxyl groups is 1. The Labute approximate surface area is 208 Å². The van der Waals surface area contributed by atoms with Crippen LogP contribution in [0, 0.1) is 0 Å². The van der Waals surface area contributed by atoms with Gasteiger partial charge in [-0.2, -0.15) is 0 Å². The van der Waals surface area contributed by atoms with Crippen LogP contribution in [0.3, 0.4) is 0 Å². The van der Waals surface area contributed by atoms with E-state index in [1.807, 2.05) is 18.2 Å². The van der Waals surface area contributed by atoms with E-state index < -0.39 is 6.10 Å². The molecule has 0 amide bonds. The summed E-state index contributed by atoms with van der Waals surface area (Å²) in [5.41, 5.74) is 2.21. The van der Waals surface area contributed by atoms with Gasteiger partial charge in [-0.25, -0.2) is 0 Å². The molecule has 0 aliphatic carbocycles. The monoisotopic (exact) mass is 460 g/mol. The number of rotatable bonds is 15. The zero-order valence-corrected chi connectivity index (χ0v) is 21.8.